The standard InChI is InChI=1S/C26H29NO3S2/c1-5-18-14-19(26(32-18)31-6-2)23-22(25(29)30-4)15(3)27-20-12-17(13-21(28)24(20)23)16-10-8-7-9-11-16/h7-11,14,17,23,27H,5-6,12-13H2,1-4H3/t17-,23+/m1/s1. The van der Waals surface area contributed by atoms with Crippen LogP contribution in [0.3, 0.4) is 0 Å². The van der Waals surface area contributed by atoms with E-state index in [2.05, 4.69) is 37.4 Å². The molecular formula is C26H29NO3S2. The summed E-state index contributed by atoms with van der Waals surface area (Å²) in [6.07, 6.45) is 2.14. The van der Waals surface area contributed by atoms with Crippen LogP contribution >= 0.6 is 23.1 Å². The number of Topliss-reactive ketones (excluding diaryl/α,β-unsaturated/α-hetero) is 1. The predicted molar refractivity (Wildman–Crippen MR) is 131 cm³/mol. The highest BCUT2D eigenvalue weighted by atomic mass is 32.2. The molecule has 2 aliphatic rings. The Kier molecular flexibility index (Phi) is 6.91. The van der Waals surface area contributed by atoms with Crippen LogP contribution < -0.4 is 5.32 Å². The second kappa shape index (κ2) is 9.67. The van der Waals surface area contributed by atoms with Gasteiger partial charge in [-0.25, -0.2) is 4.79 Å². The predicted octanol–water partition coefficient (Wildman–Crippen LogP) is 5.96. The molecule has 6 heteroatoms. The maximum absolute atomic E-state index is 13.6. The van der Waals surface area contributed by atoms with Crippen LogP contribution in [0, 0.1) is 0 Å². The van der Waals surface area contributed by atoms with E-state index < -0.39 is 0 Å². The summed E-state index contributed by atoms with van der Waals surface area (Å²) >= 11 is 3.55. The van der Waals surface area contributed by atoms with Crippen molar-refractivity contribution < 1.29 is 14.3 Å². The Labute approximate surface area is 198 Å². The number of hydrogen-bond acceptors (Lipinski definition) is 6. The van der Waals surface area contributed by atoms with Crippen molar-refractivity contribution in [2.24, 2.45) is 0 Å². The van der Waals surface area contributed by atoms with Gasteiger partial charge in [-0.3, -0.25) is 4.79 Å². The van der Waals surface area contributed by atoms with Crippen molar-refractivity contribution in [2.45, 2.75) is 56.1 Å². The van der Waals surface area contributed by atoms with Gasteiger partial charge in [0.25, 0.3) is 0 Å². The first-order valence-corrected chi connectivity index (χ1v) is 12.9. The molecule has 0 saturated carbocycles. The number of thiophene rings is 1. The molecule has 1 aromatic heterocycles. The average Bonchev–Trinajstić information content (AvgIpc) is 3.21. The van der Waals surface area contributed by atoms with Crippen molar-refractivity contribution in [3.8, 4) is 0 Å². The van der Waals surface area contributed by atoms with Crippen molar-refractivity contribution >= 4 is 34.9 Å². The lowest BCUT2D eigenvalue weighted by Crippen LogP contribution is -2.36. The molecule has 0 amide bonds. The zero-order valence-electron chi connectivity index (χ0n) is 19.0. The number of thioether (sulfide) groups is 1. The summed E-state index contributed by atoms with van der Waals surface area (Å²) in [7, 11) is 1.41. The van der Waals surface area contributed by atoms with Crippen molar-refractivity contribution in [1.29, 1.82) is 0 Å². The first-order chi connectivity index (χ1) is 15.5. The average molecular weight is 468 g/mol. The van der Waals surface area contributed by atoms with Gasteiger partial charge in [-0.2, -0.15) is 0 Å². The Morgan fingerprint density at radius 3 is 2.62 bits per heavy atom. The normalized spacial score (nSPS) is 20.8. The molecule has 32 heavy (non-hydrogen) atoms. The van der Waals surface area contributed by atoms with Gasteiger partial charge in [0, 0.05) is 28.3 Å². The Hall–Kier alpha value is -2.31. The van der Waals surface area contributed by atoms with Gasteiger partial charge in [0.1, 0.15) is 0 Å². The SMILES string of the molecule is CCSc1sc(CC)cc1[C@H]1C(C(=O)OC)=C(C)NC2=C1C(=O)C[C@H](c1ccccc1)C2. The second-order valence-corrected chi connectivity index (χ2v) is 10.8. The molecule has 2 aromatic rings. The summed E-state index contributed by atoms with van der Waals surface area (Å²) in [6, 6.07) is 12.4. The van der Waals surface area contributed by atoms with Gasteiger partial charge in [-0.15, -0.1) is 23.1 Å². The van der Waals surface area contributed by atoms with E-state index in [1.54, 1.807) is 23.1 Å². The van der Waals surface area contributed by atoms with Gasteiger partial charge >= 0.3 is 5.97 Å². The first kappa shape index (κ1) is 22.9. The molecule has 0 spiro atoms. The smallest absolute Gasteiger partial charge is 0.336 e. The van der Waals surface area contributed by atoms with Crippen molar-refractivity contribution in [3.63, 3.8) is 0 Å². The zero-order valence-corrected chi connectivity index (χ0v) is 20.6. The van der Waals surface area contributed by atoms with E-state index in [0.717, 1.165) is 41.1 Å². The summed E-state index contributed by atoms with van der Waals surface area (Å²) < 4.78 is 6.37. The molecule has 1 aromatic carbocycles. The van der Waals surface area contributed by atoms with Crippen molar-refractivity contribution in [3.05, 3.63) is 74.9 Å². The number of ether oxygens (including phenoxy) is 1. The van der Waals surface area contributed by atoms with Crippen LogP contribution in [-0.2, 0) is 20.7 Å². The molecular weight excluding hydrogens is 438 g/mol. The van der Waals surface area contributed by atoms with E-state index >= 15 is 0 Å². The Morgan fingerprint density at radius 1 is 1.22 bits per heavy atom. The highest BCUT2D eigenvalue weighted by Gasteiger charge is 2.42. The zero-order chi connectivity index (χ0) is 22.8. The summed E-state index contributed by atoms with van der Waals surface area (Å²) in [6.45, 7) is 6.19. The number of hydrogen-bond donors (Lipinski definition) is 1. The summed E-state index contributed by atoms with van der Waals surface area (Å²) in [5.41, 5.74) is 5.26. The van der Waals surface area contributed by atoms with Gasteiger partial charge < -0.3 is 10.1 Å². The summed E-state index contributed by atoms with van der Waals surface area (Å²) in [5, 5.41) is 3.42. The lowest BCUT2D eigenvalue weighted by atomic mass is 9.72. The Bertz CT molecular complexity index is 1100. The van der Waals surface area contributed by atoms with Gasteiger partial charge in [-0.05, 0) is 48.6 Å². The quantitative estimate of drug-likeness (QED) is 0.420. The molecule has 0 fully saturated rings. The molecule has 1 aliphatic carbocycles. The van der Waals surface area contributed by atoms with Crippen LogP contribution in [0.25, 0.3) is 0 Å². The van der Waals surface area contributed by atoms with E-state index in [1.165, 1.54) is 21.8 Å². The molecule has 0 radical (unpaired) electrons. The monoisotopic (exact) mass is 467 g/mol. The fourth-order valence-corrected chi connectivity index (χ4v) is 7.13. The minimum Gasteiger partial charge on any atom is -0.466 e. The molecule has 0 saturated heterocycles. The number of allylic oxidation sites excluding steroid dienone is 3. The second-order valence-electron chi connectivity index (χ2n) is 8.16. The van der Waals surface area contributed by atoms with Crippen LogP contribution in [0.2, 0.25) is 0 Å². The van der Waals surface area contributed by atoms with Gasteiger partial charge in [0.15, 0.2) is 5.78 Å². The third-order valence-corrected chi connectivity index (χ3v) is 8.69. The van der Waals surface area contributed by atoms with Gasteiger partial charge in [-0.1, -0.05) is 44.2 Å². The third kappa shape index (κ3) is 4.18. The van der Waals surface area contributed by atoms with Gasteiger partial charge in [0.05, 0.1) is 22.8 Å². The fourth-order valence-electron chi connectivity index (χ4n) is 4.75. The number of carbonyl (C=O) groups is 2. The number of esters is 1. The van der Waals surface area contributed by atoms with Crippen molar-refractivity contribution in [2.75, 3.05) is 12.9 Å². The maximum Gasteiger partial charge on any atom is 0.336 e. The van der Waals surface area contributed by atoms with E-state index in [-0.39, 0.29) is 23.6 Å². The number of rotatable bonds is 6. The highest BCUT2D eigenvalue weighted by molar-refractivity contribution is 8.01. The minimum atomic E-state index is -0.381. The Balaban J connectivity index is 1.85. The third-order valence-electron chi connectivity index (χ3n) is 6.21. The molecule has 1 aliphatic heterocycles. The summed E-state index contributed by atoms with van der Waals surface area (Å²) in [4.78, 5) is 27.8. The number of methoxy groups -OCH3 is 1. The van der Waals surface area contributed by atoms with Crippen molar-refractivity contribution in [1.82, 2.24) is 5.32 Å². The van der Waals surface area contributed by atoms with Crippen LogP contribution in [-0.4, -0.2) is 24.6 Å². The topological polar surface area (TPSA) is 55.4 Å². The number of aryl methyl sites for hydroxylation is 1. The molecule has 0 bridgehead atoms. The highest BCUT2D eigenvalue weighted by Crippen LogP contribution is 2.49. The lowest BCUT2D eigenvalue weighted by molar-refractivity contribution is -0.136. The largest absolute Gasteiger partial charge is 0.466 e. The fraction of sp³-hybridized carbons (Fsp3) is 0.385. The number of benzene rings is 1. The van der Waals surface area contributed by atoms with E-state index in [9.17, 15) is 9.59 Å². The molecule has 4 rings (SSSR count). The van der Waals surface area contributed by atoms with E-state index in [1.807, 2.05) is 25.1 Å². The number of carbonyl (C=O) groups excluding carboxylic acids is 2. The van der Waals surface area contributed by atoms with Crippen LogP contribution in [0.1, 0.15) is 61.5 Å². The maximum atomic E-state index is 13.6. The van der Waals surface area contributed by atoms with Crippen LogP contribution in [0.5, 0.6) is 0 Å². The van der Waals surface area contributed by atoms with Crippen LogP contribution in [0.4, 0.5) is 0 Å². The lowest BCUT2D eigenvalue weighted by Gasteiger charge is -2.36. The minimum absolute atomic E-state index is 0.114. The first-order valence-electron chi connectivity index (χ1n) is 11.1. The number of nitrogens with one attached hydrogen (secondary N) is 1. The van der Waals surface area contributed by atoms with E-state index in [0.29, 0.717) is 12.0 Å². The molecule has 0 unspecified atom stereocenters. The Morgan fingerprint density at radius 2 is 1.97 bits per heavy atom. The summed E-state index contributed by atoms with van der Waals surface area (Å²) in [5.74, 6) is 0.438. The molecule has 2 heterocycles. The van der Waals surface area contributed by atoms with E-state index in [4.69, 9.17) is 4.74 Å². The van der Waals surface area contributed by atoms with Gasteiger partial charge in [0.2, 0.25) is 0 Å². The molecule has 4 nitrogen and oxygen atoms in total. The molecule has 168 valence electrons. The molecule has 1 N–H and O–H groups in total. The van der Waals surface area contributed by atoms with Crippen LogP contribution in [0.15, 0.2) is 63.1 Å². The number of ketones is 1. The molecule has 2 atom stereocenters. The number of dihydropyridines is 1.